The van der Waals surface area contributed by atoms with Crippen molar-refractivity contribution in [3.05, 3.63) is 100.0 Å². The van der Waals surface area contributed by atoms with Gasteiger partial charge in [0.05, 0.1) is 35.8 Å². The summed E-state index contributed by atoms with van der Waals surface area (Å²) >= 11 is 0. The smallest absolute Gasteiger partial charge is 0.417 e. The van der Waals surface area contributed by atoms with E-state index in [1.807, 2.05) is 6.92 Å². The van der Waals surface area contributed by atoms with E-state index in [9.17, 15) is 22.8 Å². The zero-order valence-corrected chi connectivity index (χ0v) is 20.8. The van der Waals surface area contributed by atoms with E-state index < -0.39 is 17.3 Å². The Balaban J connectivity index is 1.31. The van der Waals surface area contributed by atoms with Crippen LogP contribution in [0.1, 0.15) is 27.3 Å². The van der Waals surface area contributed by atoms with Gasteiger partial charge in [0, 0.05) is 24.8 Å². The van der Waals surface area contributed by atoms with E-state index >= 15 is 0 Å². The topological polar surface area (TPSA) is 93.2 Å². The third-order valence-corrected chi connectivity index (χ3v) is 6.51. The molecular formula is C28H22F3N5O3. The summed E-state index contributed by atoms with van der Waals surface area (Å²) in [5, 5.41) is 9.07. The van der Waals surface area contributed by atoms with Crippen molar-refractivity contribution in [2.45, 2.75) is 19.6 Å². The first-order chi connectivity index (χ1) is 18.7. The van der Waals surface area contributed by atoms with E-state index in [1.54, 1.807) is 64.5 Å². The number of pyridine rings is 1. The predicted molar refractivity (Wildman–Crippen MR) is 136 cm³/mol. The minimum atomic E-state index is -4.68. The average Bonchev–Trinajstić information content (AvgIpc) is 3.35. The molecule has 0 radical (unpaired) electrons. The van der Waals surface area contributed by atoms with Crippen molar-refractivity contribution in [1.82, 2.24) is 19.0 Å². The summed E-state index contributed by atoms with van der Waals surface area (Å²) in [7, 11) is 0. The van der Waals surface area contributed by atoms with E-state index in [0.29, 0.717) is 30.1 Å². The molecule has 0 atom stereocenters. The van der Waals surface area contributed by atoms with Gasteiger partial charge in [0.25, 0.3) is 11.5 Å². The Hall–Kier alpha value is -4.85. The van der Waals surface area contributed by atoms with Crippen molar-refractivity contribution >= 4 is 5.91 Å². The number of ether oxygens (including phenoxy) is 1. The lowest BCUT2D eigenvalue weighted by atomic mass is 9.98. The number of carbonyl (C=O) groups excluding carboxylic acids is 1. The van der Waals surface area contributed by atoms with Crippen LogP contribution in [0.4, 0.5) is 13.2 Å². The summed E-state index contributed by atoms with van der Waals surface area (Å²) in [5.41, 5.74) is 0.349. The van der Waals surface area contributed by atoms with Gasteiger partial charge in [0.2, 0.25) is 0 Å². The molecule has 2 aromatic heterocycles. The highest BCUT2D eigenvalue weighted by atomic mass is 19.4. The Morgan fingerprint density at radius 3 is 2.59 bits per heavy atom. The molecule has 1 amide bonds. The molecule has 0 saturated carbocycles. The van der Waals surface area contributed by atoms with Gasteiger partial charge in [-0.15, -0.1) is 0 Å². The van der Waals surface area contributed by atoms with Gasteiger partial charge in [0.1, 0.15) is 23.7 Å². The molecule has 11 heteroatoms. The maximum Gasteiger partial charge on any atom is 0.417 e. The van der Waals surface area contributed by atoms with Crippen molar-refractivity contribution in [3.63, 3.8) is 0 Å². The number of nitrogens with zero attached hydrogens (tertiary/aromatic N) is 5. The molecule has 1 aliphatic heterocycles. The lowest BCUT2D eigenvalue weighted by Gasteiger charge is -2.29. The van der Waals surface area contributed by atoms with Gasteiger partial charge in [-0.25, -0.2) is 4.98 Å². The van der Waals surface area contributed by atoms with Crippen LogP contribution in [0.5, 0.6) is 5.75 Å². The number of fused-ring (bicyclic) bond motifs is 1. The molecule has 198 valence electrons. The van der Waals surface area contributed by atoms with Gasteiger partial charge >= 0.3 is 6.18 Å². The maximum absolute atomic E-state index is 13.5. The summed E-state index contributed by atoms with van der Waals surface area (Å²) in [6, 6.07) is 14.9. The molecule has 0 aliphatic carbocycles. The molecular weight excluding hydrogens is 511 g/mol. The monoisotopic (exact) mass is 533 g/mol. The number of hydrogen-bond donors (Lipinski definition) is 0. The Morgan fingerprint density at radius 2 is 1.87 bits per heavy atom. The molecule has 5 rings (SSSR count). The first kappa shape index (κ1) is 25.8. The molecule has 8 nitrogen and oxygen atoms in total. The Labute approximate surface area is 221 Å². The number of alkyl halides is 3. The second-order valence-corrected chi connectivity index (χ2v) is 8.99. The van der Waals surface area contributed by atoms with Gasteiger partial charge in [-0.1, -0.05) is 24.3 Å². The number of imidazole rings is 1. The Morgan fingerprint density at radius 1 is 1.08 bits per heavy atom. The number of para-hydroxylation sites is 1. The van der Waals surface area contributed by atoms with Gasteiger partial charge < -0.3 is 18.8 Å². The number of aromatic nitrogens is 3. The summed E-state index contributed by atoms with van der Waals surface area (Å²) in [6.07, 6.45) is -1.40. The molecule has 0 N–H and O–H groups in total. The second kappa shape index (κ2) is 10.1. The average molecular weight is 534 g/mol. The summed E-state index contributed by atoms with van der Waals surface area (Å²) in [4.78, 5) is 31.8. The molecule has 39 heavy (non-hydrogen) atoms. The molecule has 0 fully saturated rings. The lowest BCUT2D eigenvalue weighted by molar-refractivity contribution is -0.137. The number of halogens is 3. The van der Waals surface area contributed by atoms with Crippen molar-refractivity contribution in [2.75, 3.05) is 19.7 Å². The fourth-order valence-corrected chi connectivity index (χ4v) is 4.56. The molecule has 4 aromatic rings. The van der Waals surface area contributed by atoms with E-state index in [0.717, 1.165) is 17.8 Å². The first-order valence-corrected chi connectivity index (χ1v) is 12.0. The van der Waals surface area contributed by atoms with Crippen LogP contribution < -0.4 is 10.3 Å². The number of aryl methyl sites for hydroxylation is 1. The van der Waals surface area contributed by atoms with E-state index in [1.165, 1.54) is 10.6 Å². The summed E-state index contributed by atoms with van der Waals surface area (Å²) in [5.74, 6) is 0.0298. The van der Waals surface area contributed by atoms with E-state index in [2.05, 4.69) is 4.98 Å². The highest BCUT2D eigenvalue weighted by Gasteiger charge is 2.34. The SMILES string of the molecule is Cc1cn(-c2ccc3n(c2=O)CCN(CCOc2ccccc2-c2ccc(C#N)c(C(F)(F)F)c2)C3=O)cn1. The van der Waals surface area contributed by atoms with Crippen molar-refractivity contribution in [3.8, 4) is 28.6 Å². The third kappa shape index (κ3) is 5.01. The zero-order chi connectivity index (χ0) is 27.7. The van der Waals surface area contributed by atoms with Gasteiger partial charge in [-0.2, -0.15) is 18.4 Å². The van der Waals surface area contributed by atoms with Crippen LogP contribution in [0.3, 0.4) is 0 Å². The number of rotatable bonds is 6. The predicted octanol–water partition coefficient (Wildman–Crippen LogP) is 4.43. The lowest BCUT2D eigenvalue weighted by Crippen LogP contribution is -2.46. The molecule has 0 saturated heterocycles. The maximum atomic E-state index is 13.5. The second-order valence-electron chi connectivity index (χ2n) is 8.99. The van der Waals surface area contributed by atoms with Crippen molar-refractivity contribution < 1.29 is 22.7 Å². The third-order valence-electron chi connectivity index (χ3n) is 6.51. The van der Waals surface area contributed by atoms with E-state index in [4.69, 9.17) is 10.00 Å². The first-order valence-electron chi connectivity index (χ1n) is 12.0. The standard InChI is InChI=1S/C28H22F3N5O3/c1-18-16-35(17-33-18)23-8-9-24-26(37)34(10-11-36(24)27(23)38)12-13-39-25-5-3-2-4-21(25)19-6-7-20(15-32)22(14-19)28(29,30)31/h2-9,14,16-17H,10-13H2,1H3. The highest BCUT2D eigenvalue weighted by Crippen LogP contribution is 2.37. The number of benzene rings is 2. The number of hydrogen-bond acceptors (Lipinski definition) is 5. The molecule has 2 aromatic carbocycles. The number of nitriles is 1. The number of amides is 1. The van der Waals surface area contributed by atoms with Crippen LogP contribution in [0.2, 0.25) is 0 Å². The fraction of sp³-hybridized carbons (Fsp3) is 0.214. The zero-order valence-electron chi connectivity index (χ0n) is 20.8. The van der Waals surface area contributed by atoms with Crippen LogP contribution in [0.25, 0.3) is 16.8 Å². The van der Waals surface area contributed by atoms with Gasteiger partial charge in [-0.05, 0) is 42.8 Å². The van der Waals surface area contributed by atoms with Gasteiger partial charge in [0.15, 0.2) is 0 Å². The molecule has 0 bridgehead atoms. The summed E-state index contributed by atoms with van der Waals surface area (Å²) in [6.45, 7) is 2.72. The quantitative estimate of drug-likeness (QED) is 0.366. The summed E-state index contributed by atoms with van der Waals surface area (Å²) < 4.78 is 49.4. The number of carbonyl (C=O) groups is 1. The van der Waals surface area contributed by atoms with E-state index in [-0.39, 0.29) is 35.9 Å². The fourth-order valence-electron chi connectivity index (χ4n) is 4.56. The van der Waals surface area contributed by atoms with Crippen molar-refractivity contribution in [2.24, 2.45) is 0 Å². The highest BCUT2D eigenvalue weighted by molar-refractivity contribution is 5.93. The largest absolute Gasteiger partial charge is 0.491 e. The molecule has 0 spiro atoms. The van der Waals surface area contributed by atoms with Crippen LogP contribution >= 0.6 is 0 Å². The Kier molecular flexibility index (Phi) is 6.70. The van der Waals surface area contributed by atoms with Crippen LogP contribution in [-0.2, 0) is 12.7 Å². The molecule has 1 aliphatic rings. The van der Waals surface area contributed by atoms with Crippen molar-refractivity contribution in [1.29, 1.82) is 5.26 Å². The van der Waals surface area contributed by atoms with Gasteiger partial charge in [-0.3, -0.25) is 9.59 Å². The molecule has 3 heterocycles. The van der Waals surface area contributed by atoms with Crippen LogP contribution in [0.15, 0.2) is 71.9 Å². The Bertz CT molecular complexity index is 1670. The normalized spacial score (nSPS) is 13.2. The molecule has 0 unspecified atom stereocenters. The minimum Gasteiger partial charge on any atom is -0.491 e. The van der Waals surface area contributed by atoms with Crippen LogP contribution in [0, 0.1) is 18.3 Å². The van der Waals surface area contributed by atoms with Crippen LogP contribution in [-0.4, -0.2) is 44.6 Å². The minimum absolute atomic E-state index is 0.0851.